The fraction of sp³-hybridized carbons (Fsp3) is 0.625. The Morgan fingerprint density at radius 1 is 1.33 bits per heavy atom. The summed E-state index contributed by atoms with van der Waals surface area (Å²) >= 11 is 6.21. The molecule has 116 valence electrons. The Hall–Kier alpha value is -0.810. The molecule has 4 nitrogen and oxygen atoms in total. The fourth-order valence-electron chi connectivity index (χ4n) is 3.09. The van der Waals surface area contributed by atoms with Crippen LogP contribution in [-0.4, -0.2) is 35.5 Å². The van der Waals surface area contributed by atoms with Gasteiger partial charge in [0.25, 0.3) is 0 Å². The molecule has 0 amide bonds. The molecule has 1 atom stereocenters. The van der Waals surface area contributed by atoms with Gasteiger partial charge in [0.1, 0.15) is 5.75 Å². The molecule has 0 aliphatic carbocycles. The second kappa shape index (κ2) is 6.13. The lowest BCUT2D eigenvalue weighted by molar-refractivity contribution is -0.0174. The SMILES string of the molecule is CC1(O)CCCN(Cc2cc(Cl)cc3c2OCOC3)CC1. The average Bonchev–Trinajstić information content (AvgIpc) is 2.60. The zero-order valence-corrected chi connectivity index (χ0v) is 13.2. The van der Waals surface area contributed by atoms with Crippen molar-refractivity contribution in [3.8, 4) is 5.75 Å². The molecule has 2 aliphatic heterocycles. The summed E-state index contributed by atoms with van der Waals surface area (Å²) in [6.07, 6.45) is 2.68. The molecule has 0 radical (unpaired) electrons. The van der Waals surface area contributed by atoms with E-state index < -0.39 is 5.60 Å². The predicted molar refractivity (Wildman–Crippen MR) is 81.5 cm³/mol. The average molecular weight is 312 g/mol. The Balaban J connectivity index is 1.77. The summed E-state index contributed by atoms with van der Waals surface area (Å²) in [6, 6.07) is 3.89. The molecular formula is C16H22ClNO3. The molecular weight excluding hydrogens is 290 g/mol. The van der Waals surface area contributed by atoms with Crippen LogP contribution in [-0.2, 0) is 17.9 Å². The highest BCUT2D eigenvalue weighted by Crippen LogP contribution is 2.33. The molecule has 2 aliphatic rings. The number of likely N-dealkylation sites (tertiary alicyclic amines) is 1. The Morgan fingerprint density at radius 3 is 3.05 bits per heavy atom. The monoisotopic (exact) mass is 311 g/mol. The van der Waals surface area contributed by atoms with Crippen molar-refractivity contribution in [3.05, 3.63) is 28.3 Å². The molecule has 5 heteroatoms. The molecule has 1 N–H and O–H groups in total. The lowest BCUT2D eigenvalue weighted by Crippen LogP contribution is -2.28. The van der Waals surface area contributed by atoms with Gasteiger partial charge in [-0.25, -0.2) is 0 Å². The van der Waals surface area contributed by atoms with Gasteiger partial charge in [-0.3, -0.25) is 4.90 Å². The molecule has 1 fully saturated rings. The van der Waals surface area contributed by atoms with Crippen LogP contribution in [0.15, 0.2) is 12.1 Å². The first-order valence-electron chi connectivity index (χ1n) is 7.50. The van der Waals surface area contributed by atoms with Crippen molar-refractivity contribution >= 4 is 11.6 Å². The number of rotatable bonds is 2. The van der Waals surface area contributed by atoms with Crippen LogP contribution in [0.1, 0.15) is 37.3 Å². The molecule has 2 heterocycles. The summed E-state index contributed by atoms with van der Waals surface area (Å²) in [5.74, 6) is 0.918. The van der Waals surface area contributed by atoms with Gasteiger partial charge in [0, 0.05) is 29.2 Å². The van der Waals surface area contributed by atoms with Crippen molar-refractivity contribution in [3.63, 3.8) is 0 Å². The van der Waals surface area contributed by atoms with Gasteiger partial charge >= 0.3 is 0 Å². The van der Waals surface area contributed by atoms with E-state index >= 15 is 0 Å². The highest BCUT2D eigenvalue weighted by atomic mass is 35.5. The third-order valence-electron chi connectivity index (χ3n) is 4.30. The van der Waals surface area contributed by atoms with Crippen molar-refractivity contribution in [2.24, 2.45) is 0 Å². The maximum Gasteiger partial charge on any atom is 0.189 e. The van der Waals surface area contributed by atoms with Gasteiger partial charge in [0.2, 0.25) is 0 Å². The minimum absolute atomic E-state index is 0.302. The van der Waals surface area contributed by atoms with E-state index in [4.69, 9.17) is 21.1 Å². The van der Waals surface area contributed by atoms with Crippen LogP contribution < -0.4 is 4.74 Å². The number of ether oxygens (including phenoxy) is 2. The molecule has 0 bridgehead atoms. The second-order valence-electron chi connectivity index (χ2n) is 6.29. The van der Waals surface area contributed by atoms with Crippen molar-refractivity contribution < 1.29 is 14.6 Å². The Kier molecular flexibility index (Phi) is 4.41. The van der Waals surface area contributed by atoms with Crippen molar-refractivity contribution in [1.82, 2.24) is 4.90 Å². The molecule has 0 spiro atoms. The van der Waals surface area contributed by atoms with Gasteiger partial charge in [-0.15, -0.1) is 0 Å². The Labute approximate surface area is 130 Å². The van der Waals surface area contributed by atoms with Crippen molar-refractivity contribution in [2.45, 2.75) is 44.9 Å². The molecule has 1 saturated heterocycles. The lowest BCUT2D eigenvalue weighted by atomic mass is 9.98. The number of fused-ring (bicyclic) bond motifs is 1. The van der Waals surface area contributed by atoms with Gasteiger partial charge in [-0.05, 0) is 44.9 Å². The third-order valence-corrected chi connectivity index (χ3v) is 4.52. The Morgan fingerprint density at radius 2 is 2.19 bits per heavy atom. The number of halogens is 1. The molecule has 1 aromatic carbocycles. The summed E-state index contributed by atoms with van der Waals surface area (Å²) in [5.41, 5.74) is 1.60. The highest BCUT2D eigenvalue weighted by molar-refractivity contribution is 6.30. The molecule has 1 aromatic rings. The van der Waals surface area contributed by atoms with Crippen LogP contribution in [0, 0.1) is 0 Å². The Bertz CT molecular complexity index is 518. The minimum Gasteiger partial charge on any atom is -0.467 e. The maximum absolute atomic E-state index is 10.2. The highest BCUT2D eigenvalue weighted by Gasteiger charge is 2.26. The molecule has 0 saturated carbocycles. The van der Waals surface area contributed by atoms with E-state index in [-0.39, 0.29) is 0 Å². The smallest absolute Gasteiger partial charge is 0.189 e. The number of aliphatic hydroxyl groups is 1. The summed E-state index contributed by atoms with van der Waals surface area (Å²) in [5, 5.41) is 10.9. The number of hydrogen-bond donors (Lipinski definition) is 1. The first-order chi connectivity index (χ1) is 10.0. The van der Waals surface area contributed by atoms with Gasteiger partial charge in [0.15, 0.2) is 6.79 Å². The predicted octanol–water partition coefficient (Wildman–Crippen LogP) is 2.94. The topological polar surface area (TPSA) is 41.9 Å². The first-order valence-corrected chi connectivity index (χ1v) is 7.88. The normalized spacial score (nSPS) is 26.8. The van der Waals surface area contributed by atoms with E-state index in [9.17, 15) is 5.11 Å². The van der Waals surface area contributed by atoms with E-state index in [0.717, 1.165) is 60.8 Å². The van der Waals surface area contributed by atoms with Crippen LogP contribution in [0.4, 0.5) is 0 Å². The number of benzene rings is 1. The summed E-state index contributed by atoms with van der Waals surface area (Å²) in [6.45, 7) is 5.48. The number of nitrogens with zero attached hydrogens (tertiary/aromatic N) is 1. The van der Waals surface area contributed by atoms with Crippen LogP contribution >= 0.6 is 11.6 Å². The van der Waals surface area contributed by atoms with Gasteiger partial charge < -0.3 is 14.6 Å². The van der Waals surface area contributed by atoms with E-state index in [1.54, 1.807) is 0 Å². The summed E-state index contributed by atoms with van der Waals surface area (Å²) in [7, 11) is 0. The molecule has 1 unspecified atom stereocenters. The zero-order chi connectivity index (χ0) is 14.9. The van der Waals surface area contributed by atoms with E-state index in [1.807, 2.05) is 19.1 Å². The van der Waals surface area contributed by atoms with E-state index in [0.29, 0.717) is 13.4 Å². The van der Waals surface area contributed by atoms with Crippen LogP contribution in [0.25, 0.3) is 0 Å². The van der Waals surface area contributed by atoms with Crippen LogP contribution in [0.2, 0.25) is 5.02 Å². The third kappa shape index (κ3) is 3.69. The van der Waals surface area contributed by atoms with Crippen LogP contribution in [0.3, 0.4) is 0 Å². The van der Waals surface area contributed by atoms with Crippen molar-refractivity contribution in [2.75, 3.05) is 19.9 Å². The van der Waals surface area contributed by atoms with Gasteiger partial charge in [-0.2, -0.15) is 0 Å². The first kappa shape index (κ1) is 15.1. The van der Waals surface area contributed by atoms with Gasteiger partial charge in [0.05, 0.1) is 12.2 Å². The largest absolute Gasteiger partial charge is 0.467 e. The molecule has 3 rings (SSSR count). The summed E-state index contributed by atoms with van der Waals surface area (Å²) in [4.78, 5) is 2.37. The zero-order valence-electron chi connectivity index (χ0n) is 12.4. The standard InChI is InChI=1S/C16H22ClNO3/c1-16(19)3-2-5-18(6-4-16)9-12-7-14(17)8-13-10-20-11-21-15(12)13/h7-8,19H,2-6,9-11H2,1H3. The fourth-order valence-corrected chi connectivity index (χ4v) is 3.36. The van der Waals surface area contributed by atoms with E-state index in [2.05, 4.69) is 4.90 Å². The molecule has 21 heavy (non-hydrogen) atoms. The molecule has 0 aromatic heterocycles. The van der Waals surface area contributed by atoms with Gasteiger partial charge in [-0.1, -0.05) is 11.6 Å². The summed E-state index contributed by atoms with van der Waals surface area (Å²) < 4.78 is 11.0. The quantitative estimate of drug-likeness (QED) is 0.912. The number of hydrogen-bond acceptors (Lipinski definition) is 4. The van der Waals surface area contributed by atoms with E-state index in [1.165, 1.54) is 0 Å². The maximum atomic E-state index is 10.2. The van der Waals surface area contributed by atoms with Crippen molar-refractivity contribution in [1.29, 1.82) is 0 Å². The minimum atomic E-state index is -0.535. The lowest BCUT2D eigenvalue weighted by Gasteiger charge is -2.26. The second-order valence-corrected chi connectivity index (χ2v) is 6.73. The van der Waals surface area contributed by atoms with Crippen LogP contribution in [0.5, 0.6) is 5.75 Å².